The van der Waals surface area contributed by atoms with E-state index in [0.29, 0.717) is 26.2 Å². The van der Waals surface area contributed by atoms with Crippen molar-refractivity contribution in [3.8, 4) is 0 Å². The zero-order valence-electron chi connectivity index (χ0n) is 17.6. The Bertz CT molecular complexity index is 946. The topological polar surface area (TPSA) is 90.7 Å². The van der Waals surface area contributed by atoms with Crippen molar-refractivity contribution in [2.24, 2.45) is 0 Å². The van der Waals surface area contributed by atoms with Gasteiger partial charge in [0.15, 0.2) is 0 Å². The minimum Gasteiger partial charge on any atom is -0.354 e. The lowest BCUT2D eigenvalue weighted by Gasteiger charge is -2.36. The summed E-state index contributed by atoms with van der Waals surface area (Å²) in [5.41, 5.74) is 0.677. The van der Waals surface area contributed by atoms with Crippen LogP contribution in [0.2, 0.25) is 0 Å². The zero-order chi connectivity index (χ0) is 21.1. The Kier molecular flexibility index (Phi) is 5.93. The summed E-state index contributed by atoms with van der Waals surface area (Å²) < 4.78 is 1.20. The first-order valence-corrected chi connectivity index (χ1v) is 10.3. The number of nitrogens with zero attached hydrogens (tertiary/aromatic N) is 8. The Hall–Kier alpha value is -3.01. The van der Waals surface area contributed by atoms with Crippen molar-refractivity contribution < 1.29 is 4.79 Å². The molecule has 2 aliphatic heterocycles. The standard InChI is InChI=1S/C20H28N8O2/c1-16-14-17(25-8-6-24(2)7-9-25)23-20(22-16)27-12-10-26(11-13-27)19(30)15-28-18(29)4-3-5-21-28/h3-5,14H,6-13,15H2,1-2H3. The molecule has 0 spiro atoms. The van der Waals surface area contributed by atoms with Gasteiger partial charge in [0.05, 0.1) is 0 Å². The fourth-order valence-corrected chi connectivity index (χ4v) is 3.77. The molecule has 0 aromatic carbocycles. The molecule has 10 nitrogen and oxygen atoms in total. The highest BCUT2D eigenvalue weighted by atomic mass is 16.2. The van der Waals surface area contributed by atoms with Gasteiger partial charge >= 0.3 is 0 Å². The van der Waals surface area contributed by atoms with Gasteiger partial charge < -0.3 is 19.6 Å². The number of aromatic nitrogens is 4. The molecule has 0 atom stereocenters. The van der Waals surface area contributed by atoms with Crippen LogP contribution in [0.4, 0.5) is 11.8 Å². The van der Waals surface area contributed by atoms with Gasteiger partial charge in [-0.1, -0.05) is 0 Å². The molecule has 2 saturated heterocycles. The summed E-state index contributed by atoms with van der Waals surface area (Å²) in [5, 5.41) is 3.96. The van der Waals surface area contributed by atoms with Gasteiger partial charge in [0.1, 0.15) is 12.4 Å². The molecule has 0 bridgehead atoms. The number of piperazine rings is 2. The van der Waals surface area contributed by atoms with Gasteiger partial charge in [-0.15, -0.1) is 0 Å². The Morgan fingerprint density at radius 3 is 2.40 bits per heavy atom. The Morgan fingerprint density at radius 1 is 1.00 bits per heavy atom. The van der Waals surface area contributed by atoms with Crippen LogP contribution in [-0.4, -0.2) is 94.9 Å². The van der Waals surface area contributed by atoms with Crippen molar-refractivity contribution in [2.75, 3.05) is 69.2 Å². The molecular formula is C20H28N8O2. The van der Waals surface area contributed by atoms with Gasteiger partial charge in [-0.05, 0) is 20.0 Å². The summed E-state index contributed by atoms with van der Waals surface area (Å²) in [7, 11) is 2.14. The lowest BCUT2D eigenvalue weighted by Crippen LogP contribution is -2.50. The van der Waals surface area contributed by atoms with E-state index in [1.807, 2.05) is 13.0 Å². The second kappa shape index (κ2) is 8.78. The van der Waals surface area contributed by atoms with Crippen molar-refractivity contribution >= 4 is 17.7 Å². The van der Waals surface area contributed by atoms with Gasteiger partial charge in [-0.2, -0.15) is 10.1 Å². The Morgan fingerprint density at radius 2 is 1.70 bits per heavy atom. The first-order chi connectivity index (χ1) is 14.5. The van der Waals surface area contributed by atoms with E-state index >= 15 is 0 Å². The quantitative estimate of drug-likeness (QED) is 0.660. The summed E-state index contributed by atoms with van der Waals surface area (Å²) in [6.45, 7) is 8.40. The predicted octanol–water partition coefficient (Wildman–Crippen LogP) is -0.558. The molecule has 160 valence electrons. The maximum atomic E-state index is 12.6. The molecule has 0 unspecified atom stereocenters. The van der Waals surface area contributed by atoms with Crippen LogP contribution in [-0.2, 0) is 11.3 Å². The molecule has 2 aliphatic rings. The summed E-state index contributed by atoms with van der Waals surface area (Å²) in [5.74, 6) is 1.59. The van der Waals surface area contributed by atoms with Crippen LogP contribution in [0.3, 0.4) is 0 Å². The van der Waals surface area contributed by atoms with Crippen LogP contribution in [0.5, 0.6) is 0 Å². The number of carbonyl (C=O) groups excluding carboxylic acids is 1. The summed E-state index contributed by atoms with van der Waals surface area (Å²) in [4.78, 5) is 42.3. The van der Waals surface area contributed by atoms with E-state index < -0.39 is 0 Å². The second-order valence-electron chi connectivity index (χ2n) is 7.85. The minimum absolute atomic E-state index is 0.0336. The van der Waals surface area contributed by atoms with E-state index in [2.05, 4.69) is 31.8 Å². The molecule has 10 heteroatoms. The highest BCUT2D eigenvalue weighted by Crippen LogP contribution is 2.20. The average Bonchev–Trinajstić information content (AvgIpc) is 2.75. The first kappa shape index (κ1) is 20.3. The predicted molar refractivity (Wildman–Crippen MR) is 114 cm³/mol. The summed E-state index contributed by atoms with van der Waals surface area (Å²) in [6.07, 6.45) is 1.51. The highest BCUT2D eigenvalue weighted by Gasteiger charge is 2.24. The van der Waals surface area contributed by atoms with E-state index in [-0.39, 0.29) is 18.0 Å². The van der Waals surface area contributed by atoms with E-state index in [1.54, 1.807) is 11.0 Å². The van der Waals surface area contributed by atoms with Crippen LogP contribution in [0.1, 0.15) is 5.69 Å². The molecule has 0 aliphatic carbocycles. The number of likely N-dealkylation sites (N-methyl/N-ethyl adjacent to an activating group) is 1. The van der Waals surface area contributed by atoms with Crippen molar-refractivity contribution in [3.63, 3.8) is 0 Å². The highest BCUT2D eigenvalue weighted by molar-refractivity contribution is 5.76. The third-order valence-corrected chi connectivity index (χ3v) is 5.64. The first-order valence-electron chi connectivity index (χ1n) is 10.3. The third-order valence-electron chi connectivity index (χ3n) is 5.64. The minimum atomic E-state index is -0.269. The fourth-order valence-electron chi connectivity index (χ4n) is 3.77. The zero-order valence-corrected chi connectivity index (χ0v) is 17.6. The number of aryl methyl sites for hydroxylation is 1. The van der Waals surface area contributed by atoms with Crippen molar-refractivity contribution in [2.45, 2.75) is 13.5 Å². The van der Waals surface area contributed by atoms with Crippen molar-refractivity contribution in [1.82, 2.24) is 29.5 Å². The van der Waals surface area contributed by atoms with Crippen molar-refractivity contribution in [3.05, 3.63) is 40.4 Å². The number of hydrogen-bond acceptors (Lipinski definition) is 8. The fraction of sp³-hybridized carbons (Fsp3) is 0.550. The Balaban J connectivity index is 1.38. The summed E-state index contributed by atoms with van der Waals surface area (Å²) in [6, 6.07) is 5.02. The van der Waals surface area contributed by atoms with E-state index in [4.69, 9.17) is 4.98 Å². The maximum Gasteiger partial charge on any atom is 0.267 e. The van der Waals surface area contributed by atoms with Gasteiger partial charge in [-0.3, -0.25) is 9.59 Å². The van der Waals surface area contributed by atoms with E-state index in [1.165, 1.54) is 16.9 Å². The Labute approximate surface area is 175 Å². The molecule has 0 saturated carbocycles. The van der Waals surface area contributed by atoms with E-state index in [0.717, 1.165) is 43.6 Å². The largest absolute Gasteiger partial charge is 0.354 e. The lowest BCUT2D eigenvalue weighted by atomic mass is 10.3. The molecule has 0 radical (unpaired) electrons. The maximum absolute atomic E-state index is 12.6. The molecule has 2 aromatic rings. The number of hydrogen-bond donors (Lipinski definition) is 0. The summed E-state index contributed by atoms with van der Waals surface area (Å²) >= 11 is 0. The molecule has 30 heavy (non-hydrogen) atoms. The van der Waals surface area contributed by atoms with Crippen molar-refractivity contribution in [1.29, 1.82) is 0 Å². The monoisotopic (exact) mass is 412 g/mol. The molecule has 2 aromatic heterocycles. The second-order valence-corrected chi connectivity index (χ2v) is 7.85. The van der Waals surface area contributed by atoms with E-state index in [9.17, 15) is 9.59 Å². The van der Waals surface area contributed by atoms with Gasteiger partial charge in [-0.25, -0.2) is 9.67 Å². The molecule has 4 rings (SSSR count). The molecule has 2 fully saturated rings. The van der Waals surface area contributed by atoms with Crippen LogP contribution in [0.15, 0.2) is 29.2 Å². The molecule has 4 heterocycles. The normalized spacial score (nSPS) is 18.0. The smallest absolute Gasteiger partial charge is 0.267 e. The number of amides is 1. The van der Waals surface area contributed by atoms with Gasteiger partial charge in [0.2, 0.25) is 11.9 Å². The van der Waals surface area contributed by atoms with Crippen LogP contribution in [0.25, 0.3) is 0 Å². The number of rotatable bonds is 4. The molecule has 1 amide bonds. The number of carbonyl (C=O) groups is 1. The molecular weight excluding hydrogens is 384 g/mol. The van der Waals surface area contributed by atoms with Gasteiger partial charge in [0, 0.05) is 76.4 Å². The lowest BCUT2D eigenvalue weighted by molar-refractivity contribution is -0.132. The SMILES string of the molecule is Cc1cc(N2CCN(C)CC2)nc(N2CCN(C(=O)Cn3ncccc3=O)CC2)n1. The number of anilines is 2. The molecule has 0 N–H and O–H groups in total. The van der Waals surface area contributed by atoms with Crippen LogP contribution in [0, 0.1) is 6.92 Å². The third kappa shape index (κ3) is 4.59. The van der Waals surface area contributed by atoms with Gasteiger partial charge in [0.25, 0.3) is 5.56 Å². The van der Waals surface area contributed by atoms with Crippen LogP contribution >= 0.6 is 0 Å². The average molecular weight is 412 g/mol. The van der Waals surface area contributed by atoms with Crippen LogP contribution < -0.4 is 15.4 Å².